The second-order valence-electron chi connectivity index (χ2n) is 5.23. The molecule has 1 amide bonds. The van der Waals surface area contributed by atoms with Gasteiger partial charge in [-0.1, -0.05) is 28.1 Å². The van der Waals surface area contributed by atoms with Crippen molar-refractivity contribution in [1.82, 2.24) is 5.01 Å². The zero-order chi connectivity index (χ0) is 13.9. The Kier molecular flexibility index (Phi) is 4.17. The minimum atomic E-state index is 0.106. The molecule has 0 N–H and O–H groups in total. The van der Waals surface area contributed by atoms with Gasteiger partial charge >= 0.3 is 0 Å². The van der Waals surface area contributed by atoms with E-state index in [1.807, 2.05) is 24.3 Å². The number of benzene rings is 1. The van der Waals surface area contributed by atoms with E-state index in [4.69, 9.17) is 4.74 Å². The lowest BCUT2D eigenvalue weighted by Gasteiger charge is -2.21. The molecular weight excluding hydrogens is 320 g/mol. The van der Waals surface area contributed by atoms with Gasteiger partial charge in [0.2, 0.25) is 5.91 Å². The fourth-order valence-electron chi connectivity index (χ4n) is 2.64. The first kappa shape index (κ1) is 13.8. The van der Waals surface area contributed by atoms with Gasteiger partial charge in [0, 0.05) is 23.6 Å². The van der Waals surface area contributed by atoms with E-state index in [9.17, 15) is 4.79 Å². The highest BCUT2D eigenvalue weighted by molar-refractivity contribution is 9.10. The normalized spacial score (nSPS) is 20.4. The van der Waals surface area contributed by atoms with Crippen LogP contribution in [0.4, 0.5) is 0 Å². The smallest absolute Gasteiger partial charge is 0.248 e. The fraction of sp³-hybridized carbons (Fsp3) is 0.467. The third-order valence-corrected chi connectivity index (χ3v) is 4.34. The molecular formula is C15H17BrN2O2. The molecule has 2 heterocycles. The Morgan fingerprint density at radius 3 is 2.65 bits per heavy atom. The molecule has 0 unspecified atom stereocenters. The number of hydrazone groups is 1. The van der Waals surface area contributed by atoms with Gasteiger partial charge in [-0.3, -0.25) is 4.79 Å². The van der Waals surface area contributed by atoms with Crippen molar-refractivity contribution < 1.29 is 9.53 Å². The first-order chi connectivity index (χ1) is 9.72. The van der Waals surface area contributed by atoms with Crippen molar-refractivity contribution in [2.75, 3.05) is 13.2 Å². The Labute approximate surface area is 126 Å². The summed E-state index contributed by atoms with van der Waals surface area (Å²) in [6, 6.07) is 8.00. The van der Waals surface area contributed by atoms with Crippen molar-refractivity contribution in [1.29, 1.82) is 0 Å². The van der Waals surface area contributed by atoms with Crippen molar-refractivity contribution in [3.63, 3.8) is 0 Å². The highest BCUT2D eigenvalue weighted by Crippen LogP contribution is 2.24. The van der Waals surface area contributed by atoms with Crippen LogP contribution in [0.3, 0.4) is 0 Å². The Bertz CT molecular complexity index is 521. The number of carbonyl (C=O) groups is 1. The fourth-order valence-corrected chi connectivity index (χ4v) is 2.90. The van der Waals surface area contributed by atoms with E-state index in [0.29, 0.717) is 18.9 Å². The predicted molar refractivity (Wildman–Crippen MR) is 80.3 cm³/mol. The van der Waals surface area contributed by atoms with E-state index in [1.54, 1.807) is 5.01 Å². The SMILES string of the molecule is O=C1CC(C2CCOCC2)=NN1Cc1ccc(Br)cc1. The number of halogens is 1. The van der Waals surface area contributed by atoms with E-state index in [2.05, 4.69) is 21.0 Å². The van der Waals surface area contributed by atoms with E-state index < -0.39 is 0 Å². The molecule has 1 aromatic carbocycles. The molecule has 4 nitrogen and oxygen atoms in total. The lowest BCUT2D eigenvalue weighted by atomic mass is 9.93. The van der Waals surface area contributed by atoms with Crippen molar-refractivity contribution in [3.05, 3.63) is 34.3 Å². The van der Waals surface area contributed by atoms with Gasteiger partial charge in [-0.2, -0.15) is 5.10 Å². The van der Waals surface area contributed by atoms with Crippen LogP contribution in [0, 0.1) is 5.92 Å². The number of hydrogen-bond donors (Lipinski definition) is 0. The van der Waals surface area contributed by atoms with E-state index in [1.165, 1.54) is 0 Å². The average molecular weight is 337 g/mol. The van der Waals surface area contributed by atoms with Crippen LogP contribution in [-0.2, 0) is 16.1 Å². The van der Waals surface area contributed by atoms with Crippen molar-refractivity contribution in [2.24, 2.45) is 11.0 Å². The highest BCUT2D eigenvalue weighted by Gasteiger charge is 2.30. The number of ether oxygens (including phenoxy) is 1. The molecule has 1 aromatic rings. The molecule has 0 spiro atoms. The Morgan fingerprint density at radius 1 is 1.25 bits per heavy atom. The lowest BCUT2D eigenvalue weighted by molar-refractivity contribution is -0.129. The van der Waals surface area contributed by atoms with Gasteiger partial charge in [-0.15, -0.1) is 0 Å². The van der Waals surface area contributed by atoms with Crippen molar-refractivity contribution in [2.45, 2.75) is 25.8 Å². The van der Waals surface area contributed by atoms with Crippen molar-refractivity contribution in [3.8, 4) is 0 Å². The maximum absolute atomic E-state index is 12.1. The van der Waals surface area contributed by atoms with Gasteiger partial charge < -0.3 is 4.74 Å². The molecule has 0 aliphatic carbocycles. The summed E-state index contributed by atoms with van der Waals surface area (Å²) in [5.41, 5.74) is 2.13. The molecule has 2 aliphatic heterocycles. The second-order valence-corrected chi connectivity index (χ2v) is 6.15. The van der Waals surface area contributed by atoms with Crippen LogP contribution in [0.25, 0.3) is 0 Å². The number of hydrogen-bond acceptors (Lipinski definition) is 3. The molecule has 0 bridgehead atoms. The quantitative estimate of drug-likeness (QED) is 0.851. The molecule has 3 rings (SSSR count). The van der Waals surface area contributed by atoms with E-state index >= 15 is 0 Å². The number of rotatable bonds is 3. The van der Waals surface area contributed by atoms with Crippen LogP contribution in [0.5, 0.6) is 0 Å². The molecule has 106 valence electrons. The molecule has 2 aliphatic rings. The van der Waals surface area contributed by atoms with Crippen LogP contribution < -0.4 is 0 Å². The summed E-state index contributed by atoms with van der Waals surface area (Å²) in [5.74, 6) is 0.525. The van der Waals surface area contributed by atoms with Crippen LogP contribution in [0.15, 0.2) is 33.8 Å². The minimum Gasteiger partial charge on any atom is -0.381 e. The first-order valence-corrected chi connectivity index (χ1v) is 7.71. The average Bonchev–Trinajstić information content (AvgIpc) is 2.84. The topological polar surface area (TPSA) is 41.9 Å². The Hall–Kier alpha value is -1.20. The van der Waals surface area contributed by atoms with Gasteiger partial charge in [-0.25, -0.2) is 5.01 Å². The molecule has 5 heteroatoms. The summed E-state index contributed by atoms with van der Waals surface area (Å²) in [4.78, 5) is 12.1. The van der Waals surface area contributed by atoms with Crippen LogP contribution in [0.2, 0.25) is 0 Å². The molecule has 1 saturated heterocycles. The van der Waals surface area contributed by atoms with E-state index in [-0.39, 0.29) is 5.91 Å². The van der Waals surface area contributed by atoms with Gasteiger partial charge in [0.05, 0.1) is 18.7 Å². The summed E-state index contributed by atoms with van der Waals surface area (Å²) in [7, 11) is 0. The first-order valence-electron chi connectivity index (χ1n) is 6.92. The third kappa shape index (κ3) is 3.10. The number of carbonyl (C=O) groups excluding carboxylic acids is 1. The van der Waals surface area contributed by atoms with E-state index in [0.717, 1.165) is 41.8 Å². The maximum atomic E-state index is 12.1. The molecule has 20 heavy (non-hydrogen) atoms. The molecule has 0 atom stereocenters. The predicted octanol–water partition coefficient (Wildman–Crippen LogP) is 2.96. The highest BCUT2D eigenvalue weighted by atomic mass is 79.9. The third-order valence-electron chi connectivity index (χ3n) is 3.81. The zero-order valence-corrected chi connectivity index (χ0v) is 12.8. The molecule has 1 fully saturated rings. The van der Waals surface area contributed by atoms with Crippen LogP contribution >= 0.6 is 15.9 Å². The summed E-state index contributed by atoms with van der Waals surface area (Å²) in [6.45, 7) is 2.12. The number of nitrogens with zero attached hydrogens (tertiary/aromatic N) is 2. The van der Waals surface area contributed by atoms with Crippen LogP contribution in [0.1, 0.15) is 24.8 Å². The summed E-state index contributed by atoms with van der Waals surface area (Å²) >= 11 is 3.41. The van der Waals surface area contributed by atoms with Gasteiger partial charge in [-0.05, 0) is 30.5 Å². The maximum Gasteiger partial charge on any atom is 0.248 e. The molecule has 0 radical (unpaired) electrons. The van der Waals surface area contributed by atoms with Gasteiger partial charge in [0.25, 0.3) is 0 Å². The summed E-state index contributed by atoms with van der Waals surface area (Å²) in [5, 5.41) is 6.15. The summed E-state index contributed by atoms with van der Waals surface area (Å²) < 4.78 is 6.40. The zero-order valence-electron chi connectivity index (χ0n) is 11.2. The lowest BCUT2D eigenvalue weighted by Crippen LogP contribution is -2.23. The minimum absolute atomic E-state index is 0.106. The van der Waals surface area contributed by atoms with Gasteiger partial charge in [0.15, 0.2) is 0 Å². The molecule has 0 saturated carbocycles. The standard InChI is InChI=1S/C15H17BrN2O2/c16-13-3-1-11(2-4-13)10-18-15(19)9-14(17-18)12-5-7-20-8-6-12/h1-4,12H,5-10H2. The molecule has 0 aromatic heterocycles. The number of amides is 1. The Morgan fingerprint density at radius 2 is 1.95 bits per heavy atom. The van der Waals surface area contributed by atoms with Gasteiger partial charge in [0.1, 0.15) is 0 Å². The second kappa shape index (κ2) is 6.06. The summed E-state index contributed by atoms with van der Waals surface area (Å²) in [6.07, 6.45) is 2.44. The van der Waals surface area contributed by atoms with Crippen molar-refractivity contribution >= 4 is 27.5 Å². The monoisotopic (exact) mass is 336 g/mol. The largest absolute Gasteiger partial charge is 0.381 e. The van der Waals surface area contributed by atoms with Crippen LogP contribution in [-0.4, -0.2) is 29.8 Å². The Balaban J connectivity index is 1.68.